The molecule has 8 nitrogen and oxygen atoms in total. The number of carboxylic acids is 1. The zero-order valence-corrected chi connectivity index (χ0v) is 19.5. The van der Waals surface area contributed by atoms with Crippen molar-refractivity contribution in [3.63, 3.8) is 0 Å². The number of aromatic nitrogens is 3. The van der Waals surface area contributed by atoms with Gasteiger partial charge in [0.15, 0.2) is 5.78 Å². The molecule has 35 heavy (non-hydrogen) atoms. The Labute approximate surface area is 202 Å². The van der Waals surface area contributed by atoms with E-state index in [-0.39, 0.29) is 23.8 Å². The monoisotopic (exact) mass is 475 g/mol. The average Bonchev–Trinajstić information content (AvgIpc) is 3.55. The smallest absolute Gasteiger partial charge is 0.307 e. The summed E-state index contributed by atoms with van der Waals surface area (Å²) in [6, 6.07) is 13.9. The van der Waals surface area contributed by atoms with Gasteiger partial charge in [0.1, 0.15) is 11.3 Å². The number of rotatable bonds is 8. The molecule has 0 unspecified atom stereocenters. The maximum absolute atomic E-state index is 13.3. The molecule has 2 aliphatic carbocycles. The molecule has 0 amide bonds. The van der Waals surface area contributed by atoms with Gasteiger partial charge in [-0.15, -0.1) is 5.10 Å². The van der Waals surface area contributed by atoms with E-state index in [0.29, 0.717) is 41.8 Å². The molecule has 5 rings (SSSR count). The van der Waals surface area contributed by atoms with Gasteiger partial charge in [-0.2, -0.15) is 0 Å². The van der Waals surface area contributed by atoms with E-state index in [1.807, 2.05) is 0 Å². The molecule has 2 aromatic carbocycles. The summed E-state index contributed by atoms with van der Waals surface area (Å²) in [6.07, 6.45) is 5.90. The minimum Gasteiger partial charge on any atom is -0.493 e. The van der Waals surface area contributed by atoms with Gasteiger partial charge in [-0.1, -0.05) is 30.2 Å². The maximum Gasteiger partial charge on any atom is 0.307 e. The molecule has 0 saturated heterocycles. The number of ketones is 1. The zero-order chi connectivity index (χ0) is 24.4. The second-order valence-electron chi connectivity index (χ2n) is 9.75. The molecule has 0 aliphatic heterocycles. The predicted molar refractivity (Wildman–Crippen MR) is 129 cm³/mol. The van der Waals surface area contributed by atoms with Crippen LogP contribution < -0.4 is 10.3 Å². The van der Waals surface area contributed by atoms with E-state index in [0.717, 1.165) is 5.75 Å². The van der Waals surface area contributed by atoms with Crippen molar-refractivity contribution in [2.45, 2.75) is 45.1 Å². The number of hydrogen-bond acceptors (Lipinski definition) is 6. The van der Waals surface area contributed by atoms with E-state index in [1.54, 1.807) is 48.5 Å². The average molecular weight is 476 g/mol. The third-order valence-corrected chi connectivity index (χ3v) is 7.55. The van der Waals surface area contributed by atoms with Crippen molar-refractivity contribution < 1.29 is 19.4 Å². The van der Waals surface area contributed by atoms with Crippen molar-refractivity contribution in [2.24, 2.45) is 23.7 Å². The van der Waals surface area contributed by atoms with Gasteiger partial charge in [0, 0.05) is 11.5 Å². The first-order valence-corrected chi connectivity index (χ1v) is 12.3. The van der Waals surface area contributed by atoms with Crippen LogP contribution in [0.4, 0.5) is 0 Å². The number of benzene rings is 2. The van der Waals surface area contributed by atoms with Crippen LogP contribution in [0.15, 0.2) is 53.3 Å². The highest BCUT2D eigenvalue weighted by Gasteiger charge is 2.45. The fraction of sp³-hybridized carbons (Fsp3) is 0.444. The minimum atomic E-state index is -1.02. The van der Waals surface area contributed by atoms with Gasteiger partial charge >= 0.3 is 5.97 Å². The first kappa shape index (κ1) is 23.2. The molecule has 0 spiro atoms. The Kier molecular flexibility index (Phi) is 6.61. The van der Waals surface area contributed by atoms with Crippen LogP contribution in [-0.4, -0.2) is 38.5 Å². The summed E-state index contributed by atoms with van der Waals surface area (Å²) in [6.45, 7) is 0.807. The summed E-state index contributed by atoms with van der Waals surface area (Å²) >= 11 is 0. The van der Waals surface area contributed by atoms with E-state index in [1.165, 1.54) is 30.4 Å². The van der Waals surface area contributed by atoms with Gasteiger partial charge in [0.05, 0.1) is 24.5 Å². The quantitative estimate of drug-likeness (QED) is 0.491. The van der Waals surface area contributed by atoms with Gasteiger partial charge in [-0.05, 0) is 73.9 Å². The second-order valence-corrected chi connectivity index (χ2v) is 9.75. The minimum absolute atomic E-state index is 0.116. The molecule has 8 heteroatoms. The molecule has 3 aromatic rings. The Hall–Kier alpha value is -3.55. The van der Waals surface area contributed by atoms with Gasteiger partial charge in [0.2, 0.25) is 0 Å². The summed E-state index contributed by atoms with van der Waals surface area (Å²) in [5.41, 5.74) is 0.680. The lowest BCUT2D eigenvalue weighted by Gasteiger charge is -2.20. The molecule has 1 N–H and O–H groups in total. The summed E-state index contributed by atoms with van der Waals surface area (Å²) in [5, 5.41) is 18.5. The summed E-state index contributed by atoms with van der Waals surface area (Å²) in [5.74, 6) is -1.80. The lowest BCUT2D eigenvalue weighted by Crippen LogP contribution is -2.34. The van der Waals surface area contributed by atoms with Gasteiger partial charge in [0.25, 0.3) is 5.56 Å². The molecule has 3 atom stereocenters. The Morgan fingerprint density at radius 3 is 2.49 bits per heavy atom. The second kappa shape index (κ2) is 9.98. The Bertz CT molecular complexity index is 1280. The standard InChI is InChI=1S/C27H29N3O5/c31-25(18-9-12-20(13-10-18)35-16-17-5-1-2-6-17)22-14-11-19(24(22)27(33)34)15-30-26(32)21-7-3-4-8-23(21)28-29-30/h3-4,7-10,12-13,17,19,22,24H,1-2,5-6,11,14-16H2,(H,33,34)/t19-,22-,24-/m0/s1. The van der Waals surface area contributed by atoms with Crippen molar-refractivity contribution in [3.8, 4) is 5.75 Å². The molecule has 0 bridgehead atoms. The third-order valence-electron chi connectivity index (χ3n) is 7.55. The summed E-state index contributed by atoms with van der Waals surface area (Å²) in [4.78, 5) is 38.3. The number of ether oxygens (including phenoxy) is 1. The Balaban J connectivity index is 1.29. The van der Waals surface area contributed by atoms with Gasteiger partial charge < -0.3 is 9.84 Å². The summed E-state index contributed by atoms with van der Waals surface area (Å²) < 4.78 is 7.11. The normalized spacial score (nSPS) is 22.5. The molecule has 2 fully saturated rings. The third kappa shape index (κ3) is 4.83. The molecule has 182 valence electrons. The lowest BCUT2D eigenvalue weighted by atomic mass is 9.84. The van der Waals surface area contributed by atoms with Gasteiger partial charge in [-0.25, -0.2) is 4.68 Å². The number of carbonyl (C=O) groups is 2. The molecule has 1 aromatic heterocycles. The molecular formula is C27H29N3O5. The number of nitrogens with zero attached hydrogens (tertiary/aromatic N) is 3. The largest absolute Gasteiger partial charge is 0.493 e. The Morgan fingerprint density at radius 1 is 1.00 bits per heavy atom. The summed E-state index contributed by atoms with van der Waals surface area (Å²) in [7, 11) is 0. The first-order valence-electron chi connectivity index (χ1n) is 12.3. The predicted octanol–water partition coefficient (Wildman–Crippen LogP) is 3.97. The highest BCUT2D eigenvalue weighted by molar-refractivity contribution is 6.00. The highest BCUT2D eigenvalue weighted by atomic mass is 16.5. The van der Waals surface area contributed by atoms with Crippen molar-refractivity contribution in [3.05, 3.63) is 64.4 Å². The topological polar surface area (TPSA) is 111 Å². The SMILES string of the molecule is O=C(O)[C@H]1[C@H](Cn2nnc3ccccc3c2=O)CC[C@@H]1C(=O)c1ccc(OCC2CCCC2)cc1. The van der Waals surface area contributed by atoms with Crippen molar-refractivity contribution in [2.75, 3.05) is 6.61 Å². The van der Waals surface area contributed by atoms with Crippen molar-refractivity contribution >= 4 is 22.7 Å². The fourth-order valence-corrected chi connectivity index (χ4v) is 5.64. The van der Waals surface area contributed by atoms with Gasteiger partial charge in [-0.3, -0.25) is 14.4 Å². The van der Waals surface area contributed by atoms with Crippen LogP contribution in [0.5, 0.6) is 5.75 Å². The lowest BCUT2D eigenvalue weighted by molar-refractivity contribution is -0.144. The number of Topliss-reactive ketones (excluding diaryl/α,β-unsaturated/α-hetero) is 1. The number of fused-ring (bicyclic) bond motifs is 1. The fourth-order valence-electron chi connectivity index (χ4n) is 5.64. The van der Waals surface area contributed by atoms with E-state index in [9.17, 15) is 19.5 Å². The number of hydrogen-bond donors (Lipinski definition) is 1. The van der Waals surface area contributed by atoms with E-state index < -0.39 is 17.8 Å². The number of carbonyl (C=O) groups excluding carboxylic acids is 1. The number of aliphatic carboxylic acids is 1. The van der Waals surface area contributed by atoms with E-state index in [2.05, 4.69) is 10.3 Å². The van der Waals surface area contributed by atoms with Crippen LogP contribution in [0.1, 0.15) is 48.9 Å². The maximum atomic E-state index is 13.3. The van der Waals surface area contributed by atoms with Crippen molar-refractivity contribution in [1.82, 2.24) is 15.0 Å². The number of carboxylic acid groups (broad SMARTS) is 1. The van der Waals surface area contributed by atoms with Crippen LogP contribution in [0.25, 0.3) is 10.9 Å². The first-order chi connectivity index (χ1) is 17.0. The van der Waals surface area contributed by atoms with E-state index >= 15 is 0 Å². The Morgan fingerprint density at radius 2 is 1.74 bits per heavy atom. The molecule has 0 radical (unpaired) electrons. The molecule has 2 saturated carbocycles. The van der Waals surface area contributed by atoms with E-state index in [4.69, 9.17) is 4.74 Å². The molecule has 1 heterocycles. The van der Waals surface area contributed by atoms with Crippen LogP contribution >= 0.6 is 0 Å². The van der Waals surface area contributed by atoms with Crippen LogP contribution in [-0.2, 0) is 11.3 Å². The molecular weight excluding hydrogens is 446 g/mol. The molecule has 2 aliphatic rings. The van der Waals surface area contributed by atoms with Crippen LogP contribution in [0, 0.1) is 23.7 Å². The zero-order valence-electron chi connectivity index (χ0n) is 19.5. The van der Waals surface area contributed by atoms with Crippen LogP contribution in [0.2, 0.25) is 0 Å². The highest BCUT2D eigenvalue weighted by Crippen LogP contribution is 2.40. The van der Waals surface area contributed by atoms with Crippen LogP contribution in [0.3, 0.4) is 0 Å². The van der Waals surface area contributed by atoms with Crippen molar-refractivity contribution in [1.29, 1.82) is 0 Å².